The quantitative estimate of drug-likeness (QED) is 0.591. The lowest BCUT2D eigenvalue weighted by atomic mass is 10.2. The van der Waals surface area contributed by atoms with Crippen molar-refractivity contribution in [2.45, 2.75) is 6.92 Å². The number of aromatic nitrogens is 3. The fourth-order valence-electron chi connectivity index (χ4n) is 2.17. The summed E-state index contributed by atoms with van der Waals surface area (Å²) in [6, 6.07) is 8.12. The number of benzene rings is 1. The van der Waals surface area contributed by atoms with Crippen molar-refractivity contribution in [3.63, 3.8) is 0 Å². The highest BCUT2D eigenvalue weighted by Gasteiger charge is 2.06. The molecule has 0 radical (unpaired) electrons. The average Bonchev–Trinajstić information content (AvgIpc) is 2.89. The largest absolute Gasteiger partial charge is 0.396 e. The SMILES string of the molecule is Cc1cc(N)c2nnc(/C=C/c3ccc([N+](=O)[O-])cc3)n2c1. The molecule has 0 aliphatic heterocycles. The number of aryl methyl sites for hydroxylation is 1. The van der Waals surface area contributed by atoms with E-state index in [1.165, 1.54) is 12.1 Å². The van der Waals surface area contributed by atoms with Gasteiger partial charge in [0.15, 0.2) is 11.5 Å². The lowest BCUT2D eigenvalue weighted by Gasteiger charge is -2.00. The maximum absolute atomic E-state index is 10.6. The number of nitro benzene ring substituents is 1. The molecule has 3 rings (SSSR count). The van der Waals surface area contributed by atoms with E-state index in [9.17, 15) is 10.1 Å². The Hall–Kier alpha value is -3.22. The van der Waals surface area contributed by atoms with Crippen LogP contribution in [0.1, 0.15) is 17.0 Å². The minimum Gasteiger partial charge on any atom is -0.396 e. The van der Waals surface area contributed by atoms with Crippen LogP contribution < -0.4 is 5.73 Å². The fraction of sp³-hybridized carbons (Fsp3) is 0.0667. The molecule has 0 bridgehead atoms. The summed E-state index contributed by atoms with van der Waals surface area (Å²) in [6.45, 7) is 1.94. The van der Waals surface area contributed by atoms with Gasteiger partial charge in [-0.1, -0.05) is 6.08 Å². The number of pyridine rings is 1. The summed E-state index contributed by atoms with van der Waals surface area (Å²) in [4.78, 5) is 10.2. The first-order valence-electron chi connectivity index (χ1n) is 6.58. The second-order valence-corrected chi connectivity index (χ2v) is 4.91. The number of nitrogens with two attached hydrogens (primary N) is 1. The molecule has 2 N–H and O–H groups in total. The maximum Gasteiger partial charge on any atom is 0.269 e. The minimum atomic E-state index is -0.426. The van der Waals surface area contributed by atoms with Crippen molar-refractivity contribution >= 4 is 29.2 Å². The molecule has 0 atom stereocenters. The van der Waals surface area contributed by atoms with E-state index < -0.39 is 4.92 Å². The second-order valence-electron chi connectivity index (χ2n) is 4.91. The predicted octanol–water partition coefficient (Wildman–Crippen LogP) is 2.70. The Balaban J connectivity index is 1.94. The van der Waals surface area contributed by atoms with Gasteiger partial charge in [-0.15, -0.1) is 10.2 Å². The van der Waals surface area contributed by atoms with Gasteiger partial charge >= 0.3 is 0 Å². The van der Waals surface area contributed by atoms with Crippen LogP contribution in [-0.2, 0) is 0 Å². The van der Waals surface area contributed by atoms with Gasteiger partial charge in [0.1, 0.15) is 0 Å². The number of fused-ring (bicyclic) bond motifs is 1. The number of rotatable bonds is 3. The standard InChI is InChI=1S/C15H13N5O2/c1-10-8-13(16)15-18-17-14(19(15)9-10)7-4-11-2-5-12(6-3-11)20(21)22/h2-9H,16H2,1H3/b7-4+. The fourth-order valence-corrected chi connectivity index (χ4v) is 2.17. The Morgan fingerprint density at radius 1 is 1.23 bits per heavy atom. The molecule has 110 valence electrons. The molecule has 0 amide bonds. The maximum atomic E-state index is 10.6. The zero-order valence-electron chi connectivity index (χ0n) is 11.8. The van der Waals surface area contributed by atoms with Crippen LogP contribution in [0.25, 0.3) is 17.8 Å². The normalized spacial score (nSPS) is 11.3. The van der Waals surface area contributed by atoms with Crippen molar-refractivity contribution in [1.29, 1.82) is 0 Å². The van der Waals surface area contributed by atoms with Gasteiger partial charge in [0.05, 0.1) is 10.6 Å². The number of hydrogen-bond acceptors (Lipinski definition) is 5. The molecule has 7 heteroatoms. The molecule has 0 fully saturated rings. The summed E-state index contributed by atoms with van der Waals surface area (Å²) in [5.41, 5.74) is 9.00. The van der Waals surface area contributed by atoms with Crippen molar-refractivity contribution < 1.29 is 4.92 Å². The van der Waals surface area contributed by atoms with Crippen molar-refractivity contribution in [2.75, 3.05) is 5.73 Å². The molecule has 1 aromatic carbocycles. The number of nitro groups is 1. The summed E-state index contributed by atoms with van der Waals surface area (Å²) in [6.07, 6.45) is 5.51. The van der Waals surface area contributed by atoms with Gasteiger partial charge in [0.25, 0.3) is 5.69 Å². The Morgan fingerprint density at radius 3 is 2.64 bits per heavy atom. The first-order valence-corrected chi connectivity index (χ1v) is 6.58. The minimum absolute atomic E-state index is 0.0634. The van der Waals surface area contributed by atoms with E-state index in [0.717, 1.165) is 11.1 Å². The van der Waals surface area contributed by atoms with E-state index in [1.807, 2.05) is 29.7 Å². The number of nitrogen functional groups attached to an aromatic ring is 1. The molecule has 0 unspecified atom stereocenters. The van der Waals surface area contributed by atoms with Gasteiger partial charge in [-0.25, -0.2) is 0 Å². The zero-order chi connectivity index (χ0) is 15.7. The molecular weight excluding hydrogens is 282 g/mol. The van der Waals surface area contributed by atoms with Crippen molar-refractivity contribution in [2.24, 2.45) is 0 Å². The molecule has 0 spiro atoms. The van der Waals surface area contributed by atoms with Crippen molar-refractivity contribution in [1.82, 2.24) is 14.6 Å². The smallest absolute Gasteiger partial charge is 0.269 e. The number of non-ortho nitro benzene ring substituents is 1. The van der Waals surface area contributed by atoms with Crippen LogP contribution in [0.15, 0.2) is 36.5 Å². The van der Waals surface area contributed by atoms with Crippen LogP contribution in [-0.4, -0.2) is 19.5 Å². The third kappa shape index (κ3) is 2.51. The molecule has 3 aromatic rings. The summed E-state index contributed by atoms with van der Waals surface area (Å²) in [5.74, 6) is 0.642. The topological polar surface area (TPSA) is 99.3 Å². The summed E-state index contributed by atoms with van der Waals surface area (Å²) in [7, 11) is 0. The summed E-state index contributed by atoms with van der Waals surface area (Å²) in [5, 5.41) is 18.8. The van der Waals surface area contributed by atoms with E-state index in [-0.39, 0.29) is 5.69 Å². The second kappa shape index (κ2) is 5.28. The van der Waals surface area contributed by atoms with Crippen molar-refractivity contribution in [3.05, 3.63) is 63.6 Å². The van der Waals surface area contributed by atoms with Crippen LogP contribution in [0.5, 0.6) is 0 Å². The lowest BCUT2D eigenvalue weighted by molar-refractivity contribution is -0.384. The van der Waals surface area contributed by atoms with E-state index in [1.54, 1.807) is 18.2 Å². The van der Waals surface area contributed by atoms with Gasteiger partial charge in [-0.3, -0.25) is 14.5 Å². The van der Waals surface area contributed by atoms with Gasteiger partial charge in [-0.2, -0.15) is 0 Å². The zero-order valence-corrected chi connectivity index (χ0v) is 11.8. The highest BCUT2D eigenvalue weighted by Crippen LogP contribution is 2.17. The van der Waals surface area contributed by atoms with E-state index in [4.69, 9.17) is 5.73 Å². The lowest BCUT2D eigenvalue weighted by Crippen LogP contribution is -1.95. The van der Waals surface area contributed by atoms with Crippen LogP contribution in [0.4, 0.5) is 11.4 Å². The molecule has 2 aromatic heterocycles. The molecule has 0 aliphatic rings. The number of nitrogens with zero attached hydrogens (tertiary/aromatic N) is 4. The predicted molar refractivity (Wildman–Crippen MR) is 84.2 cm³/mol. The molecule has 0 saturated heterocycles. The average molecular weight is 295 g/mol. The van der Waals surface area contributed by atoms with Crippen LogP contribution in [0.2, 0.25) is 0 Å². The Morgan fingerprint density at radius 2 is 1.95 bits per heavy atom. The van der Waals surface area contributed by atoms with E-state index in [0.29, 0.717) is 17.2 Å². The summed E-state index contributed by atoms with van der Waals surface area (Å²) >= 11 is 0. The number of hydrogen-bond donors (Lipinski definition) is 1. The van der Waals surface area contributed by atoms with E-state index in [2.05, 4.69) is 10.2 Å². The summed E-state index contributed by atoms with van der Waals surface area (Å²) < 4.78 is 1.81. The Kier molecular flexibility index (Phi) is 3.30. The van der Waals surface area contributed by atoms with Gasteiger partial charge in [0.2, 0.25) is 0 Å². The molecule has 0 saturated carbocycles. The highest BCUT2D eigenvalue weighted by molar-refractivity contribution is 5.71. The first kappa shape index (κ1) is 13.7. The molecule has 22 heavy (non-hydrogen) atoms. The molecular formula is C15H13N5O2. The third-order valence-corrected chi connectivity index (χ3v) is 3.23. The van der Waals surface area contributed by atoms with Crippen LogP contribution >= 0.6 is 0 Å². The van der Waals surface area contributed by atoms with Gasteiger partial charge in [0, 0.05) is 18.3 Å². The van der Waals surface area contributed by atoms with Gasteiger partial charge < -0.3 is 5.73 Å². The van der Waals surface area contributed by atoms with E-state index >= 15 is 0 Å². The monoisotopic (exact) mass is 295 g/mol. The van der Waals surface area contributed by atoms with Gasteiger partial charge in [-0.05, 0) is 42.3 Å². The Bertz CT molecular complexity index is 881. The highest BCUT2D eigenvalue weighted by atomic mass is 16.6. The van der Waals surface area contributed by atoms with Crippen LogP contribution in [0, 0.1) is 17.0 Å². The molecule has 0 aliphatic carbocycles. The van der Waals surface area contributed by atoms with Crippen molar-refractivity contribution in [3.8, 4) is 0 Å². The third-order valence-electron chi connectivity index (χ3n) is 3.23. The molecule has 7 nitrogen and oxygen atoms in total. The van der Waals surface area contributed by atoms with Crippen LogP contribution in [0.3, 0.4) is 0 Å². The first-order chi connectivity index (χ1) is 10.5. The molecule has 2 heterocycles. The number of anilines is 1. The Labute approximate surface area is 125 Å².